The van der Waals surface area contributed by atoms with Crippen LogP contribution < -0.4 is 9.64 Å². The molecule has 0 radical (unpaired) electrons. The Morgan fingerprint density at radius 2 is 1.76 bits per heavy atom. The number of amides is 1. The molecule has 0 unspecified atom stereocenters. The number of furan rings is 1. The van der Waals surface area contributed by atoms with Crippen molar-refractivity contribution >= 4 is 11.6 Å². The molecule has 5 rings (SSSR count). The summed E-state index contributed by atoms with van der Waals surface area (Å²) in [5.74, 6) is 1.48. The van der Waals surface area contributed by atoms with E-state index < -0.39 is 0 Å². The van der Waals surface area contributed by atoms with E-state index in [1.165, 1.54) is 0 Å². The Morgan fingerprint density at radius 3 is 2.47 bits per heavy atom. The van der Waals surface area contributed by atoms with E-state index in [2.05, 4.69) is 11.0 Å². The molecule has 1 aliphatic heterocycles. The van der Waals surface area contributed by atoms with E-state index in [0.29, 0.717) is 36.8 Å². The van der Waals surface area contributed by atoms with E-state index >= 15 is 0 Å². The van der Waals surface area contributed by atoms with Gasteiger partial charge >= 0.3 is 0 Å². The summed E-state index contributed by atoms with van der Waals surface area (Å²) in [6.45, 7) is 7.36. The van der Waals surface area contributed by atoms with E-state index in [-0.39, 0.29) is 5.91 Å². The number of piperazine rings is 1. The van der Waals surface area contributed by atoms with Gasteiger partial charge in [0, 0.05) is 32.2 Å². The Kier molecular flexibility index (Phi) is 6.08. The number of benzene rings is 2. The normalized spacial score (nSPS) is 13.8. The minimum absolute atomic E-state index is 0.0383. The van der Waals surface area contributed by atoms with Crippen LogP contribution in [0.4, 0.5) is 5.69 Å². The zero-order chi connectivity index (χ0) is 23.5. The van der Waals surface area contributed by atoms with Crippen LogP contribution in [0.1, 0.15) is 23.0 Å². The second kappa shape index (κ2) is 9.47. The molecule has 1 aliphatic rings. The molecule has 2 aromatic heterocycles. The number of anilines is 1. The van der Waals surface area contributed by atoms with Crippen LogP contribution in [0.5, 0.6) is 5.75 Å². The molecule has 0 spiro atoms. The van der Waals surface area contributed by atoms with Gasteiger partial charge in [-0.1, -0.05) is 29.8 Å². The van der Waals surface area contributed by atoms with E-state index in [9.17, 15) is 4.79 Å². The first kappa shape index (κ1) is 21.8. The Labute approximate surface area is 199 Å². The molecule has 4 aromatic rings. The van der Waals surface area contributed by atoms with Gasteiger partial charge in [0.25, 0.3) is 5.91 Å². The maximum atomic E-state index is 13.6. The highest BCUT2D eigenvalue weighted by atomic mass is 16.5. The number of nitrogens with zero attached hydrogens (tertiary/aromatic N) is 4. The van der Waals surface area contributed by atoms with E-state index in [0.717, 1.165) is 35.8 Å². The van der Waals surface area contributed by atoms with Crippen LogP contribution in [-0.4, -0.2) is 53.4 Å². The van der Waals surface area contributed by atoms with Crippen molar-refractivity contribution in [1.29, 1.82) is 0 Å². The molecule has 3 heterocycles. The van der Waals surface area contributed by atoms with Gasteiger partial charge in [0.05, 0.1) is 24.2 Å². The minimum atomic E-state index is -0.0383. The largest absolute Gasteiger partial charge is 0.492 e. The van der Waals surface area contributed by atoms with Crippen LogP contribution in [0.15, 0.2) is 77.4 Å². The van der Waals surface area contributed by atoms with E-state index in [1.807, 2.05) is 79.4 Å². The second-order valence-corrected chi connectivity index (χ2v) is 8.32. The standard InChI is InChI=1S/C27H28N4O3/c1-3-33-26-8-5-4-7-23(26)29-14-16-30(17-15-29)27(32)24-19-22(25-9-6-18-34-25)28-31(24)21-12-10-20(2)11-13-21/h4-13,18-19H,3,14-17H2,1-2H3. The fourth-order valence-electron chi connectivity index (χ4n) is 4.27. The highest BCUT2D eigenvalue weighted by Crippen LogP contribution is 2.29. The van der Waals surface area contributed by atoms with Crippen molar-refractivity contribution in [2.24, 2.45) is 0 Å². The van der Waals surface area contributed by atoms with Crippen LogP contribution in [0.2, 0.25) is 0 Å². The summed E-state index contributed by atoms with van der Waals surface area (Å²) in [6.07, 6.45) is 1.61. The smallest absolute Gasteiger partial charge is 0.272 e. The zero-order valence-corrected chi connectivity index (χ0v) is 19.5. The van der Waals surface area contributed by atoms with Crippen molar-refractivity contribution in [2.75, 3.05) is 37.7 Å². The van der Waals surface area contributed by atoms with Crippen LogP contribution >= 0.6 is 0 Å². The van der Waals surface area contributed by atoms with Crippen molar-refractivity contribution in [3.63, 3.8) is 0 Å². The van der Waals surface area contributed by atoms with Gasteiger partial charge in [0.2, 0.25) is 0 Å². The summed E-state index contributed by atoms with van der Waals surface area (Å²) in [5.41, 5.74) is 4.23. The summed E-state index contributed by atoms with van der Waals surface area (Å²) in [5, 5.41) is 4.71. The highest BCUT2D eigenvalue weighted by Gasteiger charge is 2.27. The Bertz CT molecular complexity index is 1250. The van der Waals surface area contributed by atoms with Crippen LogP contribution in [0.3, 0.4) is 0 Å². The molecule has 0 N–H and O–H groups in total. The molecule has 7 nitrogen and oxygen atoms in total. The fourth-order valence-corrected chi connectivity index (χ4v) is 4.27. The van der Waals surface area contributed by atoms with Crippen LogP contribution in [-0.2, 0) is 0 Å². The molecule has 174 valence electrons. The zero-order valence-electron chi connectivity index (χ0n) is 19.5. The lowest BCUT2D eigenvalue weighted by Gasteiger charge is -2.36. The number of ether oxygens (including phenoxy) is 1. The average Bonchev–Trinajstić information content (AvgIpc) is 3.55. The van der Waals surface area contributed by atoms with Crippen molar-refractivity contribution in [1.82, 2.24) is 14.7 Å². The molecule has 1 fully saturated rings. The Balaban J connectivity index is 1.39. The van der Waals surface area contributed by atoms with Gasteiger partial charge in [-0.15, -0.1) is 0 Å². The summed E-state index contributed by atoms with van der Waals surface area (Å²) in [6, 6.07) is 21.6. The highest BCUT2D eigenvalue weighted by molar-refractivity contribution is 5.94. The molecule has 7 heteroatoms. The number of para-hydroxylation sites is 2. The van der Waals surface area contributed by atoms with Crippen molar-refractivity contribution < 1.29 is 13.9 Å². The number of rotatable bonds is 6. The molecule has 0 saturated carbocycles. The summed E-state index contributed by atoms with van der Waals surface area (Å²) in [7, 11) is 0. The third-order valence-electron chi connectivity index (χ3n) is 6.05. The van der Waals surface area contributed by atoms with Gasteiger partial charge in [-0.2, -0.15) is 5.10 Å². The van der Waals surface area contributed by atoms with E-state index in [1.54, 1.807) is 10.9 Å². The van der Waals surface area contributed by atoms with Gasteiger partial charge < -0.3 is 19.0 Å². The molecular weight excluding hydrogens is 428 g/mol. The SMILES string of the molecule is CCOc1ccccc1N1CCN(C(=O)c2cc(-c3ccco3)nn2-c2ccc(C)cc2)CC1. The maximum Gasteiger partial charge on any atom is 0.272 e. The summed E-state index contributed by atoms with van der Waals surface area (Å²) >= 11 is 0. The summed E-state index contributed by atoms with van der Waals surface area (Å²) in [4.78, 5) is 17.8. The molecular formula is C27H28N4O3. The topological polar surface area (TPSA) is 63.7 Å². The van der Waals surface area contributed by atoms with Gasteiger partial charge in [-0.3, -0.25) is 4.79 Å². The monoisotopic (exact) mass is 456 g/mol. The lowest BCUT2D eigenvalue weighted by molar-refractivity contribution is 0.0737. The first-order chi connectivity index (χ1) is 16.6. The van der Waals surface area contributed by atoms with Gasteiger partial charge in [0.1, 0.15) is 17.1 Å². The molecule has 1 amide bonds. The Hall–Kier alpha value is -4.00. The van der Waals surface area contributed by atoms with E-state index in [4.69, 9.17) is 14.3 Å². The number of aryl methyl sites for hydroxylation is 1. The fraction of sp³-hybridized carbons (Fsp3) is 0.259. The first-order valence-electron chi connectivity index (χ1n) is 11.6. The van der Waals surface area contributed by atoms with Crippen LogP contribution in [0.25, 0.3) is 17.1 Å². The number of carbonyl (C=O) groups excluding carboxylic acids is 1. The van der Waals surface area contributed by atoms with Crippen molar-refractivity contribution in [3.05, 3.63) is 84.3 Å². The van der Waals surface area contributed by atoms with Crippen molar-refractivity contribution in [3.8, 4) is 22.9 Å². The van der Waals surface area contributed by atoms with Gasteiger partial charge in [0.15, 0.2) is 5.76 Å². The summed E-state index contributed by atoms with van der Waals surface area (Å²) < 4.78 is 13.1. The average molecular weight is 457 g/mol. The first-order valence-corrected chi connectivity index (χ1v) is 11.6. The lowest BCUT2D eigenvalue weighted by Crippen LogP contribution is -2.49. The maximum absolute atomic E-state index is 13.6. The number of carbonyl (C=O) groups is 1. The predicted molar refractivity (Wildman–Crippen MR) is 132 cm³/mol. The number of hydrogen-bond acceptors (Lipinski definition) is 5. The molecule has 34 heavy (non-hydrogen) atoms. The number of aromatic nitrogens is 2. The molecule has 0 bridgehead atoms. The molecule has 0 atom stereocenters. The van der Waals surface area contributed by atoms with Gasteiger partial charge in [-0.25, -0.2) is 4.68 Å². The molecule has 1 saturated heterocycles. The molecule has 0 aliphatic carbocycles. The third-order valence-corrected chi connectivity index (χ3v) is 6.05. The quantitative estimate of drug-likeness (QED) is 0.417. The third kappa shape index (κ3) is 4.29. The number of hydrogen-bond donors (Lipinski definition) is 0. The van der Waals surface area contributed by atoms with Crippen LogP contribution in [0, 0.1) is 6.92 Å². The van der Waals surface area contributed by atoms with Gasteiger partial charge in [-0.05, 0) is 50.2 Å². The predicted octanol–water partition coefficient (Wildman–Crippen LogP) is 4.80. The van der Waals surface area contributed by atoms with Crippen molar-refractivity contribution in [2.45, 2.75) is 13.8 Å². The lowest BCUT2D eigenvalue weighted by atomic mass is 10.2. The molecule has 2 aromatic carbocycles. The second-order valence-electron chi connectivity index (χ2n) is 8.32. The Morgan fingerprint density at radius 1 is 1.00 bits per heavy atom. The minimum Gasteiger partial charge on any atom is -0.492 e.